The van der Waals surface area contributed by atoms with Gasteiger partial charge in [0.25, 0.3) is 15.7 Å². The predicted octanol–water partition coefficient (Wildman–Crippen LogP) is 4.82. The van der Waals surface area contributed by atoms with E-state index in [9.17, 15) is 28.1 Å². The summed E-state index contributed by atoms with van der Waals surface area (Å²) in [6.45, 7) is 6.90. The highest BCUT2D eigenvalue weighted by Gasteiger charge is 2.34. The Hall–Kier alpha value is -4.25. The van der Waals surface area contributed by atoms with Gasteiger partial charge < -0.3 is 10.2 Å². The topological polar surface area (TPSA) is 130 Å². The van der Waals surface area contributed by atoms with E-state index in [-0.39, 0.29) is 34.8 Å². The standard InChI is InChI=1S/C30H36N4O6S/c1-5-23(4)31-30(36)28(6-2)32(20-24-14-11-10-13-22(24)3)29(35)21-33(25-15-12-16-26(19-25)34(37)38)41(39,40)27-17-8-7-9-18-27/h7-19,23,28H,5-6,20-21H2,1-4H3,(H,31,36). The minimum atomic E-state index is -4.32. The zero-order valence-electron chi connectivity index (χ0n) is 23.7. The second kappa shape index (κ2) is 13.9. The van der Waals surface area contributed by atoms with Gasteiger partial charge in [-0.1, -0.05) is 62.4 Å². The highest BCUT2D eigenvalue weighted by atomic mass is 32.2. The monoisotopic (exact) mass is 580 g/mol. The number of nitro groups is 1. The minimum absolute atomic E-state index is 0.0376. The first kappa shape index (κ1) is 31.3. The summed E-state index contributed by atoms with van der Waals surface area (Å²) in [4.78, 5) is 39.6. The number of nitrogens with zero attached hydrogens (tertiary/aromatic N) is 3. The van der Waals surface area contributed by atoms with Crippen molar-refractivity contribution in [1.82, 2.24) is 10.2 Å². The number of carbonyl (C=O) groups is 2. The van der Waals surface area contributed by atoms with Gasteiger partial charge >= 0.3 is 0 Å². The van der Waals surface area contributed by atoms with Crippen molar-refractivity contribution < 1.29 is 22.9 Å². The highest BCUT2D eigenvalue weighted by molar-refractivity contribution is 7.92. The van der Waals surface area contributed by atoms with Crippen LogP contribution in [0.4, 0.5) is 11.4 Å². The van der Waals surface area contributed by atoms with Crippen LogP contribution in [-0.2, 0) is 26.2 Å². The fraction of sp³-hybridized carbons (Fsp3) is 0.333. The van der Waals surface area contributed by atoms with Crippen LogP contribution in [0.1, 0.15) is 44.7 Å². The van der Waals surface area contributed by atoms with Crippen LogP contribution in [-0.4, -0.2) is 48.7 Å². The number of hydrogen-bond donors (Lipinski definition) is 1. The lowest BCUT2D eigenvalue weighted by Crippen LogP contribution is -2.53. The van der Waals surface area contributed by atoms with Crippen LogP contribution < -0.4 is 9.62 Å². The Morgan fingerprint density at radius 2 is 1.61 bits per heavy atom. The number of sulfonamides is 1. The number of hydrogen-bond acceptors (Lipinski definition) is 6. The summed E-state index contributed by atoms with van der Waals surface area (Å²) in [6.07, 6.45) is 0.992. The molecule has 0 aromatic heterocycles. The maximum Gasteiger partial charge on any atom is 0.271 e. The Balaban J connectivity index is 2.10. The van der Waals surface area contributed by atoms with Crippen molar-refractivity contribution in [3.05, 3.63) is 100 Å². The third-order valence-corrected chi connectivity index (χ3v) is 8.72. The number of benzene rings is 3. The Labute approximate surface area is 241 Å². The van der Waals surface area contributed by atoms with E-state index in [1.54, 1.807) is 25.1 Å². The van der Waals surface area contributed by atoms with Gasteiger partial charge in [-0.25, -0.2) is 8.42 Å². The molecule has 0 saturated heterocycles. The van der Waals surface area contributed by atoms with E-state index in [2.05, 4.69) is 5.32 Å². The minimum Gasteiger partial charge on any atom is -0.352 e. The highest BCUT2D eigenvalue weighted by Crippen LogP contribution is 2.28. The number of carbonyl (C=O) groups excluding carboxylic acids is 2. The molecule has 0 bridgehead atoms. The lowest BCUT2D eigenvalue weighted by Gasteiger charge is -2.34. The normalized spacial score (nSPS) is 12.7. The van der Waals surface area contributed by atoms with Gasteiger partial charge in [-0.15, -0.1) is 0 Å². The maximum atomic E-state index is 14.1. The molecule has 41 heavy (non-hydrogen) atoms. The van der Waals surface area contributed by atoms with Gasteiger partial charge in [-0.05, 0) is 56.0 Å². The SMILES string of the molecule is CCC(C)NC(=O)C(CC)N(Cc1ccccc1C)C(=O)CN(c1cccc([N+](=O)[O-])c1)S(=O)(=O)c1ccccc1. The molecule has 0 saturated carbocycles. The first-order chi connectivity index (χ1) is 19.5. The average molecular weight is 581 g/mol. The molecule has 0 fully saturated rings. The summed E-state index contributed by atoms with van der Waals surface area (Å²) in [5.74, 6) is -0.956. The van der Waals surface area contributed by atoms with Crippen LogP contribution in [0, 0.1) is 17.0 Å². The second-order valence-electron chi connectivity index (χ2n) is 9.79. The molecule has 1 N–H and O–H groups in total. The Bertz CT molecular complexity index is 1480. The number of non-ortho nitro benzene ring substituents is 1. The number of nitro benzene ring substituents is 1. The molecule has 218 valence electrons. The molecule has 0 heterocycles. The summed E-state index contributed by atoms with van der Waals surface area (Å²) in [5.41, 5.74) is 1.36. The van der Waals surface area contributed by atoms with E-state index in [1.807, 2.05) is 45.0 Å². The zero-order valence-corrected chi connectivity index (χ0v) is 24.5. The van der Waals surface area contributed by atoms with Crippen molar-refractivity contribution in [2.24, 2.45) is 0 Å². The van der Waals surface area contributed by atoms with Crippen molar-refractivity contribution in [3.63, 3.8) is 0 Å². The molecule has 2 atom stereocenters. The number of rotatable bonds is 13. The largest absolute Gasteiger partial charge is 0.352 e. The molecule has 0 aliphatic rings. The van der Waals surface area contributed by atoms with Crippen molar-refractivity contribution >= 4 is 33.2 Å². The summed E-state index contributed by atoms with van der Waals surface area (Å²) < 4.78 is 28.6. The predicted molar refractivity (Wildman–Crippen MR) is 158 cm³/mol. The molecule has 0 radical (unpaired) electrons. The maximum absolute atomic E-state index is 14.1. The van der Waals surface area contributed by atoms with E-state index in [1.165, 1.54) is 35.2 Å². The molecule has 11 heteroatoms. The Kier molecular flexibility index (Phi) is 10.6. The third kappa shape index (κ3) is 7.69. The Morgan fingerprint density at radius 3 is 2.22 bits per heavy atom. The number of amides is 2. The lowest BCUT2D eigenvalue weighted by atomic mass is 10.1. The molecule has 2 amide bonds. The average Bonchev–Trinajstić information content (AvgIpc) is 2.96. The van der Waals surface area contributed by atoms with Gasteiger partial charge in [0, 0.05) is 24.7 Å². The molecular formula is C30H36N4O6S. The number of nitrogens with one attached hydrogen (secondary N) is 1. The van der Waals surface area contributed by atoms with E-state index < -0.39 is 33.4 Å². The number of aryl methyl sites for hydroxylation is 1. The fourth-order valence-corrected chi connectivity index (χ4v) is 5.77. The van der Waals surface area contributed by atoms with Gasteiger partial charge in [-0.3, -0.25) is 24.0 Å². The van der Waals surface area contributed by atoms with Crippen LogP contribution in [0.3, 0.4) is 0 Å². The Morgan fingerprint density at radius 1 is 0.951 bits per heavy atom. The molecule has 3 aromatic carbocycles. The number of anilines is 1. The van der Waals surface area contributed by atoms with Gasteiger partial charge in [0.05, 0.1) is 15.5 Å². The van der Waals surface area contributed by atoms with Crippen LogP contribution in [0.25, 0.3) is 0 Å². The summed E-state index contributed by atoms with van der Waals surface area (Å²) in [7, 11) is -4.32. The van der Waals surface area contributed by atoms with E-state index in [0.717, 1.165) is 21.5 Å². The van der Waals surface area contributed by atoms with E-state index in [0.29, 0.717) is 12.8 Å². The first-order valence-electron chi connectivity index (χ1n) is 13.5. The van der Waals surface area contributed by atoms with E-state index >= 15 is 0 Å². The lowest BCUT2D eigenvalue weighted by molar-refractivity contribution is -0.384. The summed E-state index contributed by atoms with van der Waals surface area (Å²) in [5, 5.41) is 14.4. The van der Waals surface area contributed by atoms with E-state index in [4.69, 9.17) is 0 Å². The molecule has 0 spiro atoms. The van der Waals surface area contributed by atoms with Crippen LogP contribution in [0.15, 0.2) is 83.8 Å². The van der Waals surface area contributed by atoms with Crippen molar-refractivity contribution in [2.75, 3.05) is 10.8 Å². The first-order valence-corrected chi connectivity index (χ1v) is 14.9. The summed E-state index contributed by atoms with van der Waals surface area (Å²) in [6, 6.07) is 19.1. The molecule has 0 aliphatic carbocycles. The summed E-state index contributed by atoms with van der Waals surface area (Å²) >= 11 is 0. The van der Waals surface area contributed by atoms with Crippen LogP contribution >= 0.6 is 0 Å². The van der Waals surface area contributed by atoms with Crippen LogP contribution in [0.5, 0.6) is 0 Å². The van der Waals surface area contributed by atoms with Crippen molar-refractivity contribution in [3.8, 4) is 0 Å². The second-order valence-corrected chi connectivity index (χ2v) is 11.7. The zero-order chi connectivity index (χ0) is 30.2. The van der Waals surface area contributed by atoms with Gasteiger partial charge in [0.15, 0.2) is 0 Å². The van der Waals surface area contributed by atoms with Gasteiger partial charge in [0.2, 0.25) is 11.8 Å². The quantitative estimate of drug-likeness (QED) is 0.228. The molecular weight excluding hydrogens is 544 g/mol. The molecule has 3 rings (SSSR count). The van der Waals surface area contributed by atoms with Crippen molar-refractivity contribution in [1.29, 1.82) is 0 Å². The molecule has 0 aliphatic heterocycles. The fourth-order valence-electron chi connectivity index (χ4n) is 4.34. The van der Waals surface area contributed by atoms with Crippen molar-refractivity contribution in [2.45, 2.75) is 64.1 Å². The third-order valence-electron chi connectivity index (χ3n) is 6.93. The van der Waals surface area contributed by atoms with Gasteiger partial charge in [-0.2, -0.15) is 0 Å². The smallest absolute Gasteiger partial charge is 0.271 e. The molecule has 3 aromatic rings. The molecule has 10 nitrogen and oxygen atoms in total. The molecule has 2 unspecified atom stereocenters. The van der Waals surface area contributed by atoms with Crippen LogP contribution in [0.2, 0.25) is 0 Å². The van der Waals surface area contributed by atoms with Gasteiger partial charge in [0.1, 0.15) is 12.6 Å².